The van der Waals surface area contributed by atoms with Crippen LogP contribution < -0.4 is 14.2 Å². The minimum absolute atomic E-state index is 0.743. The van der Waals surface area contributed by atoms with Gasteiger partial charge in [0, 0.05) is 19.6 Å². The fourth-order valence-electron chi connectivity index (χ4n) is 4.33. The molecule has 0 atom stereocenters. The fourth-order valence-corrected chi connectivity index (χ4v) is 4.33. The van der Waals surface area contributed by atoms with Crippen LogP contribution in [0.3, 0.4) is 0 Å². The van der Waals surface area contributed by atoms with Crippen molar-refractivity contribution in [1.82, 2.24) is 9.80 Å². The summed E-state index contributed by atoms with van der Waals surface area (Å²) in [5.74, 6) is 3.46. The van der Waals surface area contributed by atoms with Gasteiger partial charge in [0.1, 0.15) is 17.2 Å². The molecule has 1 aliphatic rings. The molecule has 0 spiro atoms. The molecule has 0 bridgehead atoms. The van der Waals surface area contributed by atoms with E-state index in [1.54, 1.807) is 21.3 Å². The molecule has 164 valence electrons. The van der Waals surface area contributed by atoms with E-state index in [0.717, 1.165) is 54.8 Å². The van der Waals surface area contributed by atoms with E-state index >= 15 is 0 Å². The van der Waals surface area contributed by atoms with E-state index in [-0.39, 0.29) is 0 Å². The highest BCUT2D eigenvalue weighted by Crippen LogP contribution is 2.30. The zero-order valence-corrected chi connectivity index (χ0v) is 18.9. The molecule has 0 N–H and O–H groups in total. The minimum Gasteiger partial charge on any atom is -0.497 e. The highest BCUT2D eigenvalue weighted by atomic mass is 16.5. The summed E-state index contributed by atoms with van der Waals surface area (Å²) in [5.41, 5.74) is 2.50. The molecule has 0 radical (unpaired) electrons. The van der Waals surface area contributed by atoms with Gasteiger partial charge in [0.25, 0.3) is 0 Å². The Morgan fingerprint density at radius 3 is 2.10 bits per heavy atom. The van der Waals surface area contributed by atoms with Gasteiger partial charge in [-0.3, -0.25) is 0 Å². The van der Waals surface area contributed by atoms with E-state index in [1.807, 2.05) is 30.3 Å². The van der Waals surface area contributed by atoms with Gasteiger partial charge in [0.2, 0.25) is 0 Å². The van der Waals surface area contributed by atoms with Gasteiger partial charge < -0.3 is 24.0 Å². The molecule has 5 heteroatoms. The van der Waals surface area contributed by atoms with Crippen LogP contribution in [0.15, 0.2) is 42.5 Å². The van der Waals surface area contributed by atoms with Gasteiger partial charge >= 0.3 is 0 Å². The molecule has 3 rings (SSSR count). The molecule has 0 aromatic heterocycles. The van der Waals surface area contributed by atoms with E-state index in [4.69, 9.17) is 14.2 Å². The number of likely N-dealkylation sites (tertiary alicyclic amines) is 1. The SMILES string of the molecule is COc1ccc(CCN2CCC(CN(C)Cc3c(OC)cccc3OC)CC2)cc1. The molecule has 1 heterocycles. The third kappa shape index (κ3) is 6.13. The van der Waals surface area contributed by atoms with Gasteiger partial charge in [-0.1, -0.05) is 18.2 Å². The van der Waals surface area contributed by atoms with Gasteiger partial charge in [-0.25, -0.2) is 0 Å². The Balaban J connectivity index is 1.43. The second kappa shape index (κ2) is 11.2. The molecule has 30 heavy (non-hydrogen) atoms. The van der Waals surface area contributed by atoms with E-state index in [2.05, 4.69) is 29.0 Å². The number of hydrogen-bond acceptors (Lipinski definition) is 5. The smallest absolute Gasteiger partial charge is 0.127 e. The number of ether oxygens (including phenoxy) is 3. The summed E-state index contributed by atoms with van der Waals surface area (Å²) in [6, 6.07) is 14.4. The molecule has 2 aromatic rings. The molecule has 5 nitrogen and oxygen atoms in total. The third-order valence-electron chi connectivity index (χ3n) is 6.11. The summed E-state index contributed by atoms with van der Waals surface area (Å²) in [4.78, 5) is 5.00. The first-order valence-electron chi connectivity index (χ1n) is 10.9. The number of hydrogen-bond donors (Lipinski definition) is 0. The Morgan fingerprint density at radius 1 is 0.900 bits per heavy atom. The van der Waals surface area contributed by atoms with Crippen molar-refractivity contribution in [3.63, 3.8) is 0 Å². The highest BCUT2D eigenvalue weighted by Gasteiger charge is 2.21. The van der Waals surface area contributed by atoms with Crippen LogP contribution in [0, 0.1) is 5.92 Å². The first-order chi connectivity index (χ1) is 14.6. The molecule has 2 aromatic carbocycles. The maximum absolute atomic E-state index is 5.55. The first-order valence-corrected chi connectivity index (χ1v) is 10.9. The van der Waals surface area contributed by atoms with Crippen LogP contribution in [0.5, 0.6) is 17.2 Å². The lowest BCUT2D eigenvalue weighted by molar-refractivity contribution is 0.152. The Hall–Kier alpha value is -2.24. The summed E-state index contributed by atoms with van der Waals surface area (Å²) in [7, 11) is 7.35. The normalized spacial score (nSPS) is 15.4. The summed E-state index contributed by atoms with van der Waals surface area (Å²) in [6.07, 6.45) is 3.62. The average molecular weight is 413 g/mol. The van der Waals surface area contributed by atoms with Crippen molar-refractivity contribution in [3.05, 3.63) is 53.6 Å². The van der Waals surface area contributed by atoms with Crippen molar-refractivity contribution in [1.29, 1.82) is 0 Å². The molecular weight excluding hydrogens is 376 g/mol. The number of nitrogens with zero attached hydrogens (tertiary/aromatic N) is 2. The van der Waals surface area contributed by atoms with Crippen molar-refractivity contribution < 1.29 is 14.2 Å². The standard InChI is InChI=1S/C25H36N2O3/c1-26(19-23-24(29-3)6-5-7-25(23)30-4)18-21-13-16-27(17-14-21)15-12-20-8-10-22(28-2)11-9-20/h5-11,21H,12-19H2,1-4H3. The second-order valence-corrected chi connectivity index (χ2v) is 8.22. The maximum Gasteiger partial charge on any atom is 0.127 e. The maximum atomic E-state index is 5.55. The van der Waals surface area contributed by atoms with Crippen LogP contribution in [0.2, 0.25) is 0 Å². The van der Waals surface area contributed by atoms with Crippen molar-refractivity contribution in [2.45, 2.75) is 25.8 Å². The predicted octanol–water partition coefficient (Wildman–Crippen LogP) is 4.10. The quantitative estimate of drug-likeness (QED) is 0.587. The zero-order chi connectivity index (χ0) is 21.3. The van der Waals surface area contributed by atoms with Gasteiger partial charge in [-0.2, -0.15) is 0 Å². The molecule has 1 saturated heterocycles. The van der Waals surface area contributed by atoms with Gasteiger partial charge in [-0.15, -0.1) is 0 Å². The van der Waals surface area contributed by atoms with E-state index in [1.165, 1.54) is 31.5 Å². The van der Waals surface area contributed by atoms with E-state index in [0.29, 0.717) is 0 Å². The largest absolute Gasteiger partial charge is 0.497 e. The predicted molar refractivity (Wildman–Crippen MR) is 122 cm³/mol. The van der Waals surface area contributed by atoms with E-state index < -0.39 is 0 Å². The third-order valence-corrected chi connectivity index (χ3v) is 6.11. The van der Waals surface area contributed by atoms with Gasteiger partial charge in [0.05, 0.1) is 26.9 Å². The van der Waals surface area contributed by atoms with Crippen LogP contribution in [0.4, 0.5) is 0 Å². The molecular formula is C25H36N2O3. The van der Waals surface area contributed by atoms with Crippen LogP contribution in [0.25, 0.3) is 0 Å². The van der Waals surface area contributed by atoms with Crippen molar-refractivity contribution >= 4 is 0 Å². The Kier molecular flexibility index (Phi) is 8.40. The van der Waals surface area contributed by atoms with E-state index in [9.17, 15) is 0 Å². The summed E-state index contributed by atoms with van der Waals surface area (Å²) < 4.78 is 16.3. The number of benzene rings is 2. The monoisotopic (exact) mass is 412 g/mol. The second-order valence-electron chi connectivity index (χ2n) is 8.22. The van der Waals surface area contributed by atoms with Crippen LogP contribution in [-0.2, 0) is 13.0 Å². The molecule has 0 saturated carbocycles. The van der Waals surface area contributed by atoms with Gasteiger partial charge in [0.15, 0.2) is 0 Å². The highest BCUT2D eigenvalue weighted by molar-refractivity contribution is 5.44. The Bertz CT molecular complexity index is 748. The lowest BCUT2D eigenvalue weighted by atomic mass is 9.95. The Morgan fingerprint density at radius 2 is 1.53 bits per heavy atom. The van der Waals surface area contributed by atoms with Crippen molar-refractivity contribution in [2.24, 2.45) is 5.92 Å². The first kappa shape index (κ1) is 22.4. The lowest BCUT2D eigenvalue weighted by Crippen LogP contribution is -2.38. The average Bonchev–Trinajstić information content (AvgIpc) is 2.79. The molecule has 1 aliphatic heterocycles. The van der Waals surface area contributed by atoms with Crippen molar-refractivity contribution in [2.75, 3.05) is 54.6 Å². The van der Waals surface area contributed by atoms with Crippen LogP contribution in [0.1, 0.15) is 24.0 Å². The van der Waals surface area contributed by atoms with Crippen LogP contribution >= 0.6 is 0 Å². The zero-order valence-electron chi connectivity index (χ0n) is 18.9. The lowest BCUT2D eigenvalue weighted by Gasteiger charge is -2.34. The molecule has 0 aliphatic carbocycles. The number of rotatable bonds is 10. The van der Waals surface area contributed by atoms with Crippen molar-refractivity contribution in [3.8, 4) is 17.2 Å². The molecule has 0 amide bonds. The minimum atomic E-state index is 0.743. The number of methoxy groups -OCH3 is 3. The fraction of sp³-hybridized carbons (Fsp3) is 0.520. The van der Waals surface area contributed by atoms with Gasteiger partial charge in [-0.05, 0) is 75.1 Å². The Labute approximate surface area is 181 Å². The summed E-state index contributed by atoms with van der Waals surface area (Å²) in [6.45, 7) is 5.45. The molecule has 1 fully saturated rings. The summed E-state index contributed by atoms with van der Waals surface area (Å²) in [5, 5.41) is 0. The topological polar surface area (TPSA) is 34.2 Å². The number of piperidine rings is 1. The molecule has 0 unspecified atom stereocenters. The summed E-state index contributed by atoms with van der Waals surface area (Å²) >= 11 is 0. The van der Waals surface area contributed by atoms with Crippen LogP contribution in [-0.4, -0.2) is 64.4 Å².